The van der Waals surface area contributed by atoms with Gasteiger partial charge >= 0.3 is 12.0 Å². The topological polar surface area (TPSA) is 187 Å². The van der Waals surface area contributed by atoms with Crippen molar-refractivity contribution in [1.82, 2.24) is 16.0 Å². The van der Waals surface area contributed by atoms with E-state index in [0.717, 1.165) is 0 Å². The summed E-state index contributed by atoms with van der Waals surface area (Å²) in [4.78, 5) is 15.1. The van der Waals surface area contributed by atoms with Crippen LogP contribution in [0.1, 0.15) is 6.42 Å². The van der Waals surface area contributed by atoms with Gasteiger partial charge in [-0.2, -0.15) is 0 Å². The van der Waals surface area contributed by atoms with Gasteiger partial charge in [0.15, 0.2) is 5.96 Å². The highest BCUT2D eigenvalue weighted by Crippen LogP contribution is 2.40. The molecule has 11 heteroatoms. The SMILES string of the molecule is NC(=O)NC[C@@H]1NC(N)=[N+]2CCC(O)(O)[C@@]23NC(N)=N[C@@H]13. The Morgan fingerprint density at radius 3 is 2.90 bits per heavy atom. The summed E-state index contributed by atoms with van der Waals surface area (Å²) in [6.07, 6.45) is 0.0810. The Morgan fingerprint density at radius 1 is 1.52 bits per heavy atom. The number of hydrogen-bond acceptors (Lipinski definition) is 8. The Balaban J connectivity index is 2.02. The number of guanidine groups is 2. The molecule has 1 saturated heterocycles. The monoisotopic (exact) mass is 299 g/mol. The molecule has 0 saturated carbocycles. The number of nitrogens with one attached hydrogen (secondary N) is 3. The van der Waals surface area contributed by atoms with Crippen molar-refractivity contribution in [2.45, 2.75) is 30.0 Å². The van der Waals surface area contributed by atoms with Gasteiger partial charge < -0.3 is 32.3 Å². The van der Waals surface area contributed by atoms with Crippen LogP contribution in [0.3, 0.4) is 0 Å². The van der Waals surface area contributed by atoms with Crippen molar-refractivity contribution < 1.29 is 19.6 Å². The highest BCUT2D eigenvalue weighted by molar-refractivity contribution is 5.83. The summed E-state index contributed by atoms with van der Waals surface area (Å²) in [6.45, 7) is 0.443. The number of nitrogens with two attached hydrogens (primary N) is 3. The average Bonchev–Trinajstić information content (AvgIpc) is 2.85. The number of hydrogen-bond donors (Lipinski definition) is 8. The van der Waals surface area contributed by atoms with Crippen molar-refractivity contribution in [1.29, 1.82) is 0 Å². The normalized spacial score (nSPS) is 36.2. The molecule has 0 aliphatic carbocycles. The predicted molar refractivity (Wildman–Crippen MR) is 71.9 cm³/mol. The van der Waals surface area contributed by atoms with Gasteiger partial charge in [0, 0.05) is 6.42 Å². The van der Waals surface area contributed by atoms with E-state index in [0.29, 0.717) is 6.54 Å². The van der Waals surface area contributed by atoms with Gasteiger partial charge in [0.25, 0.3) is 0 Å². The second-order valence-corrected chi connectivity index (χ2v) is 5.45. The summed E-state index contributed by atoms with van der Waals surface area (Å²) in [5.74, 6) is -1.73. The smallest absolute Gasteiger partial charge is 0.345 e. The van der Waals surface area contributed by atoms with E-state index < -0.39 is 29.6 Å². The van der Waals surface area contributed by atoms with Crippen molar-refractivity contribution in [2.24, 2.45) is 22.2 Å². The molecule has 1 spiro atoms. The Labute approximate surface area is 119 Å². The van der Waals surface area contributed by atoms with Crippen LogP contribution < -0.4 is 33.2 Å². The molecule has 116 valence electrons. The minimum Gasteiger partial charge on any atom is -0.370 e. The van der Waals surface area contributed by atoms with E-state index in [9.17, 15) is 15.0 Å². The van der Waals surface area contributed by atoms with E-state index in [1.807, 2.05) is 0 Å². The summed E-state index contributed by atoms with van der Waals surface area (Å²) >= 11 is 0. The highest BCUT2D eigenvalue weighted by atomic mass is 16.5. The average molecular weight is 299 g/mol. The van der Waals surface area contributed by atoms with Crippen LogP contribution in [0.4, 0.5) is 4.79 Å². The van der Waals surface area contributed by atoms with Crippen LogP contribution in [-0.2, 0) is 0 Å². The van der Waals surface area contributed by atoms with Crippen molar-refractivity contribution in [3.63, 3.8) is 0 Å². The summed E-state index contributed by atoms with van der Waals surface area (Å²) in [5, 5.41) is 29.1. The first-order valence-corrected chi connectivity index (χ1v) is 6.54. The third kappa shape index (κ3) is 1.70. The number of aliphatic hydroxyl groups is 2. The van der Waals surface area contributed by atoms with Crippen LogP contribution in [0.25, 0.3) is 0 Å². The first-order chi connectivity index (χ1) is 9.78. The second-order valence-electron chi connectivity index (χ2n) is 5.45. The molecule has 11 nitrogen and oxygen atoms in total. The van der Waals surface area contributed by atoms with E-state index in [2.05, 4.69) is 20.9 Å². The van der Waals surface area contributed by atoms with Crippen LogP contribution in [0.15, 0.2) is 4.99 Å². The minimum absolute atomic E-state index is 0.0810. The standard InChI is InChI=1S/C10H18N8O3/c11-6-16-5-4(3-14-8(13)19)15-7(12)18-2-1-9(20,21)10(5,18)17-6/h4-5,20-21H,1-3H2,(H8,11,12,13,14,15,16,17,19)/p+1/t4-,5-,10-/m0/s1. The number of rotatable bonds is 2. The molecule has 3 aliphatic rings. The zero-order chi connectivity index (χ0) is 15.4. The fourth-order valence-electron chi connectivity index (χ4n) is 3.37. The molecule has 3 rings (SSSR count). The molecule has 0 aromatic rings. The van der Waals surface area contributed by atoms with E-state index in [4.69, 9.17) is 17.2 Å². The molecule has 0 bridgehead atoms. The summed E-state index contributed by atoms with van der Waals surface area (Å²) < 4.78 is 1.60. The molecule has 21 heavy (non-hydrogen) atoms. The lowest BCUT2D eigenvalue weighted by molar-refractivity contribution is -0.623. The van der Waals surface area contributed by atoms with Crippen LogP contribution >= 0.6 is 0 Å². The van der Waals surface area contributed by atoms with Gasteiger partial charge in [0.2, 0.25) is 11.4 Å². The molecule has 3 atom stereocenters. The van der Waals surface area contributed by atoms with Crippen LogP contribution in [-0.4, -0.2) is 69.4 Å². The van der Waals surface area contributed by atoms with Crippen molar-refractivity contribution >= 4 is 18.0 Å². The second kappa shape index (κ2) is 4.11. The maximum Gasteiger partial charge on any atom is 0.345 e. The summed E-state index contributed by atoms with van der Waals surface area (Å²) in [5.41, 5.74) is 15.4. The fourth-order valence-corrected chi connectivity index (χ4v) is 3.37. The van der Waals surface area contributed by atoms with Crippen LogP contribution in [0.2, 0.25) is 0 Å². The van der Waals surface area contributed by atoms with Gasteiger partial charge in [0.1, 0.15) is 12.1 Å². The van der Waals surface area contributed by atoms with Crippen molar-refractivity contribution in [3.8, 4) is 0 Å². The quantitative estimate of drug-likeness (QED) is 0.185. The maximum absolute atomic E-state index is 10.9. The molecular weight excluding hydrogens is 280 g/mol. The first kappa shape index (κ1) is 13.7. The number of carbonyl (C=O) groups is 1. The van der Waals surface area contributed by atoms with Gasteiger partial charge in [-0.3, -0.25) is 11.1 Å². The van der Waals surface area contributed by atoms with E-state index in [-0.39, 0.29) is 24.9 Å². The van der Waals surface area contributed by atoms with Gasteiger partial charge in [-0.25, -0.2) is 14.4 Å². The number of amides is 2. The fraction of sp³-hybridized carbons (Fsp3) is 0.700. The number of carbonyl (C=O) groups excluding carboxylic acids is 1. The Kier molecular flexibility index (Phi) is 2.68. The third-order valence-electron chi connectivity index (χ3n) is 4.25. The molecule has 0 aromatic heterocycles. The van der Waals surface area contributed by atoms with Gasteiger partial charge in [-0.05, 0) is 0 Å². The van der Waals surface area contributed by atoms with Crippen LogP contribution in [0.5, 0.6) is 0 Å². The third-order valence-corrected chi connectivity index (χ3v) is 4.25. The molecular formula is C10H19N8O3+. The lowest BCUT2D eigenvalue weighted by Crippen LogP contribution is -2.78. The first-order valence-electron chi connectivity index (χ1n) is 6.54. The molecule has 11 N–H and O–H groups in total. The molecule has 3 aliphatic heterocycles. The lowest BCUT2D eigenvalue weighted by Gasteiger charge is -2.43. The number of aliphatic imine (C=N–C) groups is 1. The van der Waals surface area contributed by atoms with Crippen LogP contribution in [0, 0.1) is 0 Å². The molecule has 2 amide bonds. The largest absolute Gasteiger partial charge is 0.370 e. The molecule has 3 heterocycles. The van der Waals surface area contributed by atoms with E-state index in [1.54, 1.807) is 4.58 Å². The number of primary amides is 1. The molecule has 0 aromatic carbocycles. The maximum atomic E-state index is 10.9. The minimum atomic E-state index is -2.07. The molecule has 0 radical (unpaired) electrons. The molecule has 0 unspecified atom stereocenters. The molecule has 1 fully saturated rings. The van der Waals surface area contributed by atoms with E-state index in [1.165, 1.54) is 0 Å². The van der Waals surface area contributed by atoms with Gasteiger partial charge in [-0.1, -0.05) is 0 Å². The van der Waals surface area contributed by atoms with Gasteiger partial charge in [0.05, 0.1) is 13.1 Å². The summed E-state index contributed by atoms with van der Waals surface area (Å²) in [6, 6.07) is -1.84. The Hall–Kier alpha value is -2.27. The van der Waals surface area contributed by atoms with Crippen molar-refractivity contribution in [3.05, 3.63) is 0 Å². The zero-order valence-electron chi connectivity index (χ0n) is 11.2. The summed E-state index contributed by atoms with van der Waals surface area (Å²) in [7, 11) is 0. The van der Waals surface area contributed by atoms with E-state index >= 15 is 0 Å². The van der Waals surface area contributed by atoms with Gasteiger partial charge in [-0.15, -0.1) is 0 Å². The number of nitrogens with zero attached hydrogens (tertiary/aromatic N) is 2. The lowest BCUT2D eigenvalue weighted by atomic mass is 9.86. The van der Waals surface area contributed by atoms with Crippen molar-refractivity contribution in [2.75, 3.05) is 13.1 Å². The highest BCUT2D eigenvalue weighted by Gasteiger charge is 2.71. The Morgan fingerprint density at radius 2 is 2.24 bits per heavy atom. The number of urea groups is 1. The predicted octanol–water partition coefficient (Wildman–Crippen LogP) is -4.98. The zero-order valence-corrected chi connectivity index (χ0v) is 11.2. The Bertz CT molecular complexity index is 559.